The summed E-state index contributed by atoms with van der Waals surface area (Å²) in [5.41, 5.74) is -1.06. The van der Waals surface area contributed by atoms with Gasteiger partial charge in [0.25, 0.3) is 0 Å². The molecule has 0 amide bonds. The molecule has 0 fully saturated rings. The lowest BCUT2D eigenvalue weighted by Crippen LogP contribution is -2.11. The van der Waals surface area contributed by atoms with Gasteiger partial charge >= 0.3 is 5.97 Å². The highest BCUT2D eigenvalue weighted by Crippen LogP contribution is 2.36. The lowest BCUT2D eigenvalue weighted by molar-refractivity contribution is 0.0694. The fourth-order valence-electron chi connectivity index (χ4n) is 1.04. The number of phenols is 2. The van der Waals surface area contributed by atoms with E-state index >= 15 is 0 Å². The molecule has 0 radical (unpaired) electrons. The molecule has 0 spiro atoms. The maximum absolute atomic E-state index is 10.9. The van der Waals surface area contributed by atoms with Crippen molar-refractivity contribution in [1.82, 2.24) is 0 Å². The Morgan fingerprint density at radius 1 is 1.31 bits per heavy atom. The number of aromatic hydroxyl groups is 2. The van der Waals surface area contributed by atoms with E-state index in [4.69, 9.17) is 5.11 Å². The van der Waals surface area contributed by atoms with Gasteiger partial charge in [-0.3, -0.25) is 4.72 Å². The molecule has 0 heterocycles. The molecule has 0 atom stereocenters. The van der Waals surface area contributed by atoms with Crippen molar-refractivity contribution in [3.05, 3.63) is 17.7 Å². The molecule has 0 aromatic heterocycles. The summed E-state index contributed by atoms with van der Waals surface area (Å²) in [5, 5.41) is 27.4. The van der Waals surface area contributed by atoms with Crippen LogP contribution in [-0.2, 0) is 10.0 Å². The monoisotopic (exact) mass is 247 g/mol. The van der Waals surface area contributed by atoms with Gasteiger partial charge in [-0.2, -0.15) is 0 Å². The van der Waals surface area contributed by atoms with E-state index in [1.54, 1.807) is 0 Å². The number of aromatic carboxylic acids is 1. The van der Waals surface area contributed by atoms with Gasteiger partial charge < -0.3 is 15.3 Å². The highest BCUT2D eigenvalue weighted by Gasteiger charge is 2.19. The molecule has 0 aliphatic heterocycles. The molecular weight excluding hydrogens is 238 g/mol. The Kier molecular flexibility index (Phi) is 2.95. The first kappa shape index (κ1) is 12.1. The summed E-state index contributed by atoms with van der Waals surface area (Å²) in [7, 11) is -3.73. The molecule has 0 aliphatic carbocycles. The second-order valence-electron chi connectivity index (χ2n) is 3.04. The van der Waals surface area contributed by atoms with E-state index in [0.717, 1.165) is 18.4 Å². The third-order valence-corrected chi connectivity index (χ3v) is 2.25. The van der Waals surface area contributed by atoms with Gasteiger partial charge in [-0.15, -0.1) is 0 Å². The minimum absolute atomic E-state index is 0.510. The highest BCUT2D eigenvalue weighted by molar-refractivity contribution is 7.92. The van der Waals surface area contributed by atoms with E-state index in [1.807, 2.05) is 4.72 Å². The van der Waals surface area contributed by atoms with Crippen molar-refractivity contribution in [2.45, 2.75) is 0 Å². The summed E-state index contributed by atoms with van der Waals surface area (Å²) < 4.78 is 23.6. The number of anilines is 1. The summed E-state index contributed by atoms with van der Waals surface area (Å²) in [6.45, 7) is 0. The molecule has 16 heavy (non-hydrogen) atoms. The molecule has 1 aromatic rings. The molecule has 0 unspecified atom stereocenters. The first-order valence-electron chi connectivity index (χ1n) is 3.98. The van der Waals surface area contributed by atoms with Crippen LogP contribution in [0.25, 0.3) is 0 Å². The molecule has 0 bridgehead atoms. The number of carboxylic acid groups (broad SMARTS) is 1. The number of hydrogen-bond donors (Lipinski definition) is 4. The van der Waals surface area contributed by atoms with Crippen molar-refractivity contribution >= 4 is 21.7 Å². The number of nitrogens with one attached hydrogen (secondary N) is 1. The van der Waals surface area contributed by atoms with E-state index in [0.29, 0.717) is 0 Å². The Bertz CT molecular complexity index is 536. The predicted octanol–water partition coefficient (Wildman–Crippen LogP) is 0.167. The van der Waals surface area contributed by atoms with Crippen molar-refractivity contribution in [2.24, 2.45) is 0 Å². The van der Waals surface area contributed by atoms with Gasteiger partial charge in [-0.1, -0.05) is 0 Å². The molecule has 7 nitrogen and oxygen atoms in total. The number of benzene rings is 1. The zero-order valence-corrected chi connectivity index (χ0v) is 8.95. The lowest BCUT2D eigenvalue weighted by atomic mass is 10.1. The van der Waals surface area contributed by atoms with Crippen molar-refractivity contribution in [3.8, 4) is 11.5 Å². The molecule has 8 heteroatoms. The number of carbonyl (C=O) groups is 1. The largest absolute Gasteiger partial charge is 0.506 e. The molecule has 4 N–H and O–H groups in total. The second-order valence-corrected chi connectivity index (χ2v) is 4.78. The van der Waals surface area contributed by atoms with Crippen LogP contribution in [0, 0.1) is 0 Å². The normalized spacial score (nSPS) is 11.1. The van der Waals surface area contributed by atoms with Crippen molar-refractivity contribution in [1.29, 1.82) is 0 Å². The Morgan fingerprint density at radius 3 is 2.31 bits per heavy atom. The van der Waals surface area contributed by atoms with Crippen LogP contribution >= 0.6 is 0 Å². The van der Waals surface area contributed by atoms with Gasteiger partial charge in [0.15, 0.2) is 5.75 Å². The van der Waals surface area contributed by atoms with Crippen LogP contribution in [-0.4, -0.2) is 36.0 Å². The fraction of sp³-hybridized carbons (Fsp3) is 0.125. The highest BCUT2D eigenvalue weighted by atomic mass is 32.2. The van der Waals surface area contributed by atoms with Crippen LogP contribution in [0.4, 0.5) is 5.69 Å². The number of sulfonamides is 1. The molecule has 88 valence electrons. The number of rotatable bonds is 3. The van der Waals surface area contributed by atoms with Crippen molar-refractivity contribution < 1.29 is 28.5 Å². The van der Waals surface area contributed by atoms with Crippen molar-refractivity contribution in [2.75, 3.05) is 11.0 Å². The lowest BCUT2D eigenvalue weighted by Gasteiger charge is -2.10. The van der Waals surface area contributed by atoms with E-state index in [1.165, 1.54) is 0 Å². The topological polar surface area (TPSA) is 124 Å². The number of phenolic OH excluding ortho intramolecular Hbond substituents is 1. The first-order chi connectivity index (χ1) is 7.22. The fourth-order valence-corrected chi connectivity index (χ4v) is 1.61. The minimum atomic E-state index is -3.73. The van der Waals surface area contributed by atoms with Gasteiger partial charge in [0.05, 0.1) is 6.26 Å². The van der Waals surface area contributed by atoms with E-state index < -0.39 is 38.7 Å². The van der Waals surface area contributed by atoms with Crippen LogP contribution in [0.2, 0.25) is 0 Å². The Morgan fingerprint density at radius 2 is 1.88 bits per heavy atom. The summed E-state index contributed by atoms with van der Waals surface area (Å²) in [5.74, 6) is -2.83. The van der Waals surface area contributed by atoms with Gasteiger partial charge in [-0.05, 0) is 12.1 Å². The average molecular weight is 247 g/mol. The average Bonchev–Trinajstić information content (AvgIpc) is 2.10. The first-order valence-corrected chi connectivity index (χ1v) is 5.87. The van der Waals surface area contributed by atoms with Crippen LogP contribution in [0.3, 0.4) is 0 Å². The molecule has 1 aromatic carbocycles. The maximum Gasteiger partial charge on any atom is 0.339 e. The minimum Gasteiger partial charge on any atom is -0.506 e. The summed E-state index contributed by atoms with van der Waals surface area (Å²) in [6, 6.07) is 1.93. The Balaban J connectivity index is 3.38. The second kappa shape index (κ2) is 3.89. The molecule has 1 rings (SSSR count). The van der Waals surface area contributed by atoms with Crippen LogP contribution < -0.4 is 4.72 Å². The predicted molar refractivity (Wildman–Crippen MR) is 55.2 cm³/mol. The van der Waals surface area contributed by atoms with Crippen LogP contribution in [0.5, 0.6) is 11.5 Å². The molecule has 0 saturated heterocycles. The Labute approximate surface area is 91.0 Å². The molecule has 0 saturated carbocycles. The SMILES string of the molecule is CS(=O)(=O)Nc1c(O)ccc(C(=O)O)c1O. The van der Waals surface area contributed by atoms with Crippen LogP contribution in [0.15, 0.2) is 12.1 Å². The van der Waals surface area contributed by atoms with Gasteiger partial charge in [0, 0.05) is 0 Å². The number of carboxylic acids is 1. The zero-order valence-electron chi connectivity index (χ0n) is 8.13. The summed E-state index contributed by atoms with van der Waals surface area (Å²) in [6.07, 6.45) is 0.805. The van der Waals surface area contributed by atoms with Crippen molar-refractivity contribution in [3.63, 3.8) is 0 Å². The number of hydrogen-bond acceptors (Lipinski definition) is 5. The molecular formula is C8H9NO6S. The zero-order chi connectivity index (χ0) is 12.5. The van der Waals surface area contributed by atoms with E-state index in [2.05, 4.69) is 0 Å². The van der Waals surface area contributed by atoms with E-state index in [-0.39, 0.29) is 0 Å². The quantitative estimate of drug-likeness (QED) is 0.564. The third-order valence-electron chi connectivity index (χ3n) is 1.67. The molecule has 0 aliphatic rings. The van der Waals surface area contributed by atoms with Crippen LogP contribution in [0.1, 0.15) is 10.4 Å². The summed E-state index contributed by atoms with van der Waals surface area (Å²) >= 11 is 0. The standard InChI is InChI=1S/C8H9NO6S/c1-16(14,15)9-6-5(10)3-2-4(7(6)11)8(12)13/h2-3,9-11H,1H3,(H,12,13). The summed E-state index contributed by atoms with van der Waals surface area (Å²) in [4.78, 5) is 10.6. The van der Waals surface area contributed by atoms with Gasteiger partial charge in [-0.25, -0.2) is 13.2 Å². The van der Waals surface area contributed by atoms with Gasteiger partial charge in [0.1, 0.15) is 17.0 Å². The van der Waals surface area contributed by atoms with Gasteiger partial charge in [0.2, 0.25) is 10.0 Å². The Hall–Kier alpha value is -1.96. The smallest absolute Gasteiger partial charge is 0.339 e. The third kappa shape index (κ3) is 2.54. The maximum atomic E-state index is 10.9. The van der Waals surface area contributed by atoms with E-state index in [9.17, 15) is 23.4 Å².